The number of halogens is 4. The van der Waals surface area contributed by atoms with E-state index in [-0.39, 0.29) is 24.3 Å². The second-order valence-electron chi connectivity index (χ2n) is 8.19. The van der Waals surface area contributed by atoms with Crippen molar-refractivity contribution >= 4 is 69.3 Å². The van der Waals surface area contributed by atoms with Gasteiger partial charge in [-0.15, -0.1) is 0 Å². The number of imidazole rings is 1. The molecule has 1 saturated heterocycles. The minimum absolute atomic E-state index is 0.0591. The monoisotopic (exact) mass is 541 g/mol. The van der Waals surface area contributed by atoms with Crippen molar-refractivity contribution in [2.75, 3.05) is 19.7 Å². The van der Waals surface area contributed by atoms with E-state index >= 15 is 0 Å². The number of piperidine rings is 1. The standard InChI is InChI=1S/C24H23Cl4N3O3/c1-2-34-24(33)14-5-7-30(8-6-14)23(32)13-31-21-12-19(28)18(27)11-20(21)29-22(31)9-15-3-4-16(25)10-17(15)26/h3-4,10-12,14H,2,5-9,13H2,1H3. The van der Waals surface area contributed by atoms with Crippen LogP contribution in [0.2, 0.25) is 20.1 Å². The summed E-state index contributed by atoms with van der Waals surface area (Å²) in [5.74, 6) is 0.244. The second-order valence-corrected chi connectivity index (χ2v) is 9.85. The Morgan fingerprint density at radius 2 is 1.74 bits per heavy atom. The second kappa shape index (κ2) is 10.7. The van der Waals surface area contributed by atoms with Crippen LogP contribution in [0.3, 0.4) is 0 Å². The molecule has 1 aliphatic rings. The van der Waals surface area contributed by atoms with Crippen LogP contribution >= 0.6 is 46.4 Å². The highest BCUT2D eigenvalue weighted by molar-refractivity contribution is 6.42. The highest BCUT2D eigenvalue weighted by atomic mass is 35.5. The Morgan fingerprint density at radius 3 is 2.41 bits per heavy atom. The number of fused-ring (bicyclic) bond motifs is 1. The SMILES string of the molecule is CCOC(=O)C1CCN(C(=O)Cn2c(Cc3ccc(Cl)cc3Cl)nc3cc(Cl)c(Cl)cc32)CC1. The molecule has 1 aromatic heterocycles. The Morgan fingerprint density at radius 1 is 1.03 bits per heavy atom. The largest absolute Gasteiger partial charge is 0.466 e. The predicted octanol–water partition coefficient (Wildman–Crippen LogP) is 6.04. The fourth-order valence-corrected chi connectivity index (χ4v) is 4.97. The first kappa shape index (κ1) is 25.1. The third kappa shape index (κ3) is 5.46. The van der Waals surface area contributed by atoms with Gasteiger partial charge in [0.1, 0.15) is 12.4 Å². The number of likely N-dealkylation sites (tertiary alicyclic amines) is 1. The number of carbonyl (C=O) groups excluding carboxylic acids is 2. The highest BCUT2D eigenvalue weighted by Gasteiger charge is 2.29. The molecule has 3 aromatic rings. The van der Waals surface area contributed by atoms with Crippen molar-refractivity contribution in [3.05, 3.63) is 61.8 Å². The number of amides is 1. The molecule has 1 amide bonds. The summed E-state index contributed by atoms with van der Waals surface area (Å²) in [5.41, 5.74) is 2.19. The molecule has 180 valence electrons. The van der Waals surface area contributed by atoms with Crippen molar-refractivity contribution in [2.45, 2.75) is 32.7 Å². The van der Waals surface area contributed by atoms with Gasteiger partial charge in [0.05, 0.1) is 33.6 Å². The molecule has 34 heavy (non-hydrogen) atoms. The maximum Gasteiger partial charge on any atom is 0.309 e. The summed E-state index contributed by atoms with van der Waals surface area (Å²) in [6.07, 6.45) is 1.58. The molecule has 0 aliphatic carbocycles. The van der Waals surface area contributed by atoms with E-state index < -0.39 is 0 Å². The summed E-state index contributed by atoms with van der Waals surface area (Å²) >= 11 is 24.9. The van der Waals surface area contributed by atoms with Crippen LogP contribution < -0.4 is 0 Å². The molecular weight excluding hydrogens is 520 g/mol. The van der Waals surface area contributed by atoms with E-state index in [0.29, 0.717) is 75.9 Å². The van der Waals surface area contributed by atoms with Gasteiger partial charge in [0.15, 0.2) is 0 Å². The van der Waals surface area contributed by atoms with E-state index in [2.05, 4.69) is 0 Å². The third-order valence-corrected chi connectivity index (χ3v) is 7.30. The zero-order valence-electron chi connectivity index (χ0n) is 18.5. The number of carbonyl (C=O) groups is 2. The van der Waals surface area contributed by atoms with Gasteiger partial charge in [-0.3, -0.25) is 9.59 Å². The van der Waals surface area contributed by atoms with E-state index in [1.807, 2.05) is 10.6 Å². The van der Waals surface area contributed by atoms with Gasteiger partial charge >= 0.3 is 5.97 Å². The molecule has 1 fully saturated rings. The Bertz CT molecular complexity index is 1240. The van der Waals surface area contributed by atoms with Crippen LogP contribution in [0.25, 0.3) is 11.0 Å². The highest BCUT2D eigenvalue weighted by Crippen LogP contribution is 2.30. The lowest BCUT2D eigenvalue weighted by atomic mass is 9.97. The van der Waals surface area contributed by atoms with Crippen LogP contribution in [0.5, 0.6) is 0 Å². The molecule has 2 heterocycles. The lowest BCUT2D eigenvalue weighted by Gasteiger charge is -2.31. The number of rotatable bonds is 6. The summed E-state index contributed by atoms with van der Waals surface area (Å²) in [4.78, 5) is 31.8. The van der Waals surface area contributed by atoms with Gasteiger partial charge in [0.2, 0.25) is 5.91 Å². The van der Waals surface area contributed by atoms with Gasteiger partial charge in [-0.05, 0) is 49.6 Å². The van der Waals surface area contributed by atoms with Crippen LogP contribution in [0.1, 0.15) is 31.2 Å². The van der Waals surface area contributed by atoms with E-state index in [1.165, 1.54) is 0 Å². The van der Waals surface area contributed by atoms with Crippen LogP contribution in [-0.4, -0.2) is 46.0 Å². The smallest absolute Gasteiger partial charge is 0.309 e. The average Bonchev–Trinajstić information content (AvgIpc) is 3.12. The van der Waals surface area contributed by atoms with Crippen LogP contribution in [0, 0.1) is 5.92 Å². The van der Waals surface area contributed by atoms with Gasteiger partial charge in [-0.1, -0.05) is 52.5 Å². The first-order chi connectivity index (χ1) is 16.3. The molecule has 1 aliphatic heterocycles. The predicted molar refractivity (Wildman–Crippen MR) is 135 cm³/mol. The zero-order chi connectivity index (χ0) is 24.4. The Balaban J connectivity index is 1.59. The van der Waals surface area contributed by atoms with E-state index in [9.17, 15) is 9.59 Å². The summed E-state index contributed by atoms with van der Waals surface area (Å²) in [6, 6.07) is 8.70. The molecule has 0 bridgehead atoms. The van der Waals surface area contributed by atoms with Gasteiger partial charge < -0.3 is 14.2 Å². The van der Waals surface area contributed by atoms with Crippen molar-refractivity contribution in [3.8, 4) is 0 Å². The first-order valence-corrected chi connectivity index (χ1v) is 12.5. The molecule has 0 unspecified atom stereocenters. The zero-order valence-corrected chi connectivity index (χ0v) is 21.5. The first-order valence-electron chi connectivity index (χ1n) is 11.0. The summed E-state index contributed by atoms with van der Waals surface area (Å²) in [7, 11) is 0. The summed E-state index contributed by atoms with van der Waals surface area (Å²) < 4.78 is 6.97. The molecule has 6 nitrogen and oxygen atoms in total. The Kier molecular flexibility index (Phi) is 7.93. The third-order valence-electron chi connectivity index (χ3n) is 5.99. The molecule has 0 spiro atoms. The van der Waals surface area contributed by atoms with Crippen LogP contribution in [0.4, 0.5) is 0 Å². The Hall–Kier alpha value is -1.99. The number of nitrogens with zero attached hydrogens (tertiary/aromatic N) is 3. The van der Waals surface area contributed by atoms with Gasteiger partial charge in [0.25, 0.3) is 0 Å². The fraction of sp³-hybridized carbons (Fsp3) is 0.375. The molecule has 0 N–H and O–H groups in total. The van der Waals surface area contributed by atoms with Gasteiger partial charge in [-0.25, -0.2) is 4.98 Å². The van der Waals surface area contributed by atoms with Crippen molar-refractivity contribution in [1.29, 1.82) is 0 Å². The number of hydrogen-bond donors (Lipinski definition) is 0. The maximum atomic E-state index is 13.2. The number of ether oxygens (including phenoxy) is 1. The lowest BCUT2D eigenvalue weighted by Crippen LogP contribution is -2.42. The van der Waals surface area contributed by atoms with Crippen molar-refractivity contribution in [3.63, 3.8) is 0 Å². The molecule has 0 atom stereocenters. The van der Waals surface area contributed by atoms with Gasteiger partial charge in [-0.2, -0.15) is 0 Å². The van der Waals surface area contributed by atoms with Crippen molar-refractivity contribution in [2.24, 2.45) is 5.92 Å². The normalized spacial score (nSPS) is 14.6. The molecule has 10 heteroatoms. The molecular formula is C24H23Cl4N3O3. The fourth-order valence-electron chi connectivity index (χ4n) is 4.18. The quantitative estimate of drug-likeness (QED) is 0.356. The average molecular weight is 543 g/mol. The summed E-state index contributed by atoms with van der Waals surface area (Å²) in [5, 5.41) is 1.84. The van der Waals surface area contributed by atoms with E-state index in [1.54, 1.807) is 36.1 Å². The van der Waals surface area contributed by atoms with E-state index in [0.717, 1.165) is 5.56 Å². The lowest BCUT2D eigenvalue weighted by molar-refractivity contribution is -0.151. The van der Waals surface area contributed by atoms with E-state index in [4.69, 9.17) is 56.1 Å². The topological polar surface area (TPSA) is 64.4 Å². The maximum absolute atomic E-state index is 13.2. The Labute approximate surface area is 217 Å². The molecule has 0 radical (unpaired) electrons. The minimum atomic E-state index is -0.191. The van der Waals surface area contributed by atoms with Crippen LogP contribution in [-0.2, 0) is 27.3 Å². The number of aromatic nitrogens is 2. The molecule has 0 saturated carbocycles. The molecule has 2 aromatic carbocycles. The number of esters is 1. The van der Waals surface area contributed by atoms with Crippen molar-refractivity contribution in [1.82, 2.24) is 14.5 Å². The van der Waals surface area contributed by atoms with Crippen LogP contribution in [0.15, 0.2) is 30.3 Å². The number of benzene rings is 2. The molecule has 4 rings (SSSR count). The summed E-state index contributed by atoms with van der Waals surface area (Å²) in [6.45, 7) is 3.23. The van der Waals surface area contributed by atoms with Crippen molar-refractivity contribution < 1.29 is 14.3 Å². The number of hydrogen-bond acceptors (Lipinski definition) is 4. The van der Waals surface area contributed by atoms with Gasteiger partial charge in [0, 0.05) is 29.6 Å². The minimum Gasteiger partial charge on any atom is -0.466 e.